The third-order valence-electron chi connectivity index (χ3n) is 5.93. The number of hydrogen-bond acceptors (Lipinski definition) is 7. The van der Waals surface area contributed by atoms with Crippen molar-refractivity contribution >= 4 is 18.1 Å². The zero-order valence-electron chi connectivity index (χ0n) is 16.5. The van der Waals surface area contributed by atoms with Gasteiger partial charge >= 0.3 is 5.97 Å². The summed E-state index contributed by atoms with van der Waals surface area (Å²) >= 11 is 0. The van der Waals surface area contributed by atoms with Crippen molar-refractivity contribution < 1.29 is 19.1 Å². The van der Waals surface area contributed by atoms with Crippen molar-refractivity contribution in [1.82, 2.24) is 15.2 Å². The Balaban J connectivity index is 1.71. The monoisotopic (exact) mass is 378 g/mol. The van der Waals surface area contributed by atoms with Crippen molar-refractivity contribution in [2.75, 3.05) is 39.4 Å². The molecule has 0 aromatic heterocycles. The average Bonchev–Trinajstić information content (AvgIpc) is 3.33. The van der Waals surface area contributed by atoms with Gasteiger partial charge in [-0.15, -0.1) is 0 Å². The first-order valence-corrected chi connectivity index (χ1v) is 9.94. The van der Waals surface area contributed by atoms with Crippen molar-refractivity contribution in [3.63, 3.8) is 0 Å². The lowest BCUT2D eigenvalue weighted by Crippen LogP contribution is -2.65. The van der Waals surface area contributed by atoms with E-state index < -0.39 is 17.0 Å². The molecular weight excluding hydrogens is 348 g/mol. The van der Waals surface area contributed by atoms with Gasteiger partial charge in [-0.2, -0.15) is 5.10 Å². The Kier molecular flexibility index (Phi) is 4.46. The molecule has 1 aliphatic carbocycles. The van der Waals surface area contributed by atoms with Gasteiger partial charge in [-0.25, -0.2) is 0 Å². The van der Waals surface area contributed by atoms with Crippen LogP contribution in [0.5, 0.6) is 0 Å². The van der Waals surface area contributed by atoms with E-state index in [2.05, 4.69) is 10.4 Å². The fourth-order valence-electron chi connectivity index (χ4n) is 4.32. The molecule has 8 nitrogen and oxygen atoms in total. The number of nitrogens with one attached hydrogen (secondary N) is 1. The van der Waals surface area contributed by atoms with E-state index >= 15 is 0 Å². The zero-order valence-corrected chi connectivity index (χ0v) is 16.5. The first kappa shape index (κ1) is 18.7. The van der Waals surface area contributed by atoms with Crippen molar-refractivity contribution in [1.29, 1.82) is 0 Å². The van der Waals surface area contributed by atoms with E-state index in [1.165, 1.54) is 0 Å². The normalized spacial score (nSPS) is 32.2. The van der Waals surface area contributed by atoms with Gasteiger partial charge in [-0.1, -0.05) is 0 Å². The number of hydrogen-bond donors (Lipinski definition) is 1. The van der Waals surface area contributed by atoms with Gasteiger partial charge in [-0.05, 0) is 40.0 Å². The molecule has 150 valence electrons. The molecular formula is C19H30N4O4. The van der Waals surface area contributed by atoms with Gasteiger partial charge in [0.15, 0.2) is 0 Å². The molecule has 0 bridgehead atoms. The molecule has 0 aromatic rings. The van der Waals surface area contributed by atoms with Gasteiger partial charge in [0.25, 0.3) is 0 Å². The highest BCUT2D eigenvalue weighted by Gasteiger charge is 2.64. The first-order chi connectivity index (χ1) is 12.8. The smallest absolute Gasteiger partial charge is 0.330 e. The summed E-state index contributed by atoms with van der Waals surface area (Å²) in [6.45, 7) is 9.28. The number of rotatable bonds is 2. The van der Waals surface area contributed by atoms with E-state index in [4.69, 9.17) is 9.47 Å². The lowest BCUT2D eigenvalue weighted by molar-refractivity contribution is -0.173. The standard InChI is InChI=1S/C19H30N4O4/c1-17(2,3)27-16(25)19(12-21-23-9-7-20-11-14(19)23)15(24)22-8-4-10-26-13-18(22)5-6-18/h12,14,20H,4-11,13H2,1-3H3. The number of fused-ring (bicyclic) bond motifs is 1. The minimum absolute atomic E-state index is 0.181. The maximum atomic E-state index is 13.9. The molecule has 27 heavy (non-hydrogen) atoms. The average molecular weight is 378 g/mol. The van der Waals surface area contributed by atoms with Gasteiger partial charge in [-0.3, -0.25) is 14.6 Å². The highest BCUT2D eigenvalue weighted by molar-refractivity contribution is 6.18. The number of ether oxygens (including phenoxy) is 2. The summed E-state index contributed by atoms with van der Waals surface area (Å²) < 4.78 is 11.5. The molecule has 1 spiro atoms. The van der Waals surface area contributed by atoms with Gasteiger partial charge in [0.05, 0.1) is 24.4 Å². The highest BCUT2D eigenvalue weighted by Crippen LogP contribution is 2.47. The summed E-state index contributed by atoms with van der Waals surface area (Å²) in [4.78, 5) is 29.2. The second kappa shape index (κ2) is 6.44. The Bertz CT molecular complexity index is 655. The Morgan fingerprint density at radius 3 is 2.78 bits per heavy atom. The van der Waals surface area contributed by atoms with Gasteiger partial charge < -0.3 is 19.7 Å². The van der Waals surface area contributed by atoms with E-state index in [9.17, 15) is 9.59 Å². The molecule has 2 unspecified atom stereocenters. The van der Waals surface area contributed by atoms with Crippen molar-refractivity contribution in [3.05, 3.63) is 0 Å². The molecule has 0 aromatic carbocycles. The van der Waals surface area contributed by atoms with Crippen LogP contribution in [0.3, 0.4) is 0 Å². The zero-order chi connectivity index (χ0) is 19.3. The van der Waals surface area contributed by atoms with Gasteiger partial charge in [0, 0.05) is 32.8 Å². The summed E-state index contributed by atoms with van der Waals surface area (Å²) in [5.41, 5.74) is -2.33. The molecule has 2 atom stereocenters. The number of piperazine rings is 1. The summed E-state index contributed by atoms with van der Waals surface area (Å²) in [6, 6.07) is -0.353. The third kappa shape index (κ3) is 3.12. The van der Waals surface area contributed by atoms with E-state index in [0.717, 1.165) is 25.8 Å². The maximum absolute atomic E-state index is 13.9. The van der Waals surface area contributed by atoms with Crippen LogP contribution in [0.15, 0.2) is 5.10 Å². The lowest BCUT2D eigenvalue weighted by atomic mass is 9.78. The van der Waals surface area contributed by atoms with Crippen LogP contribution in [0.1, 0.15) is 40.0 Å². The largest absolute Gasteiger partial charge is 0.459 e. The summed E-state index contributed by atoms with van der Waals surface area (Å²) in [5.74, 6) is -0.680. The quantitative estimate of drug-likeness (QED) is 0.552. The highest BCUT2D eigenvalue weighted by atomic mass is 16.6. The van der Waals surface area contributed by atoms with Crippen molar-refractivity contribution in [2.45, 2.75) is 57.2 Å². The third-order valence-corrected chi connectivity index (χ3v) is 5.93. The van der Waals surface area contributed by atoms with Crippen molar-refractivity contribution in [2.24, 2.45) is 10.5 Å². The van der Waals surface area contributed by atoms with Crippen LogP contribution in [0, 0.1) is 5.41 Å². The van der Waals surface area contributed by atoms with Crippen LogP contribution in [-0.2, 0) is 19.1 Å². The number of carbonyl (C=O) groups excluding carboxylic acids is 2. The molecule has 8 heteroatoms. The molecule has 1 saturated carbocycles. The number of esters is 1. The molecule has 3 fully saturated rings. The van der Waals surface area contributed by atoms with Gasteiger partial charge in [0.1, 0.15) is 5.60 Å². The first-order valence-electron chi connectivity index (χ1n) is 9.94. The minimum atomic E-state index is -1.40. The van der Waals surface area contributed by atoms with Gasteiger partial charge in [0.2, 0.25) is 11.3 Å². The summed E-state index contributed by atoms with van der Waals surface area (Å²) in [6.07, 6.45) is 4.17. The fourth-order valence-corrected chi connectivity index (χ4v) is 4.32. The van der Waals surface area contributed by atoms with Crippen LogP contribution in [0.25, 0.3) is 0 Å². The molecule has 3 aliphatic heterocycles. The molecule has 3 heterocycles. The lowest BCUT2D eigenvalue weighted by Gasteiger charge is -2.42. The molecule has 1 N–H and O–H groups in total. The fraction of sp³-hybridized carbons (Fsp3) is 0.842. The Morgan fingerprint density at radius 1 is 1.30 bits per heavy atom. The van der Waals surface area contributed by atoms with E-state index in [0.29, 0.717) is 32.8 Å². The molecule has 0 radical (unpaired) electrons. The van der Waals surface area contributed by atoms with Crippen LogP contribution < -0.4 is 5.32 Å². The molecule has 4 aliphatic rings. The molecule has 2 saturated heterocycles. The maximum Gasteiger partial charge on any atom is 0.330 e. The molecule has 1 amide bonds. The predicted octanol–water partition coefficient (Wildman–Crippen LogP) is 0.369. The number of amides is 1. The van der Waals surface area contributed by atoms with Crippen LogP contribution in [-0.4, -0.2) is 84.6 Å². The minimum Gasteiger partial charge on any atom is -0.459 e. The van der Waals surface area contributed by atoms with Crippen LogP contribution >= 0.6 is 0 Å². The van der Waals surface area contributed by atoms with Crippen molar-refractivity contribution in [3.8, 4) is 0 Å². The second-order valence-corrected chi connectivity index (χ2v) is 9.09. The van der Waals surface area contributed by atoms with E-state index in [1.807, 2.05) is 30.7 Å². The SMILES string of the molecule is CC(C)(C)OC(=O)C1(C(=O)N2CCCOCC23CC3)C=NN2CCNCC21. The Morgan fingerprint density at radius 2 is 2.07 bits per heavy atom. The van der Waals surface area contributed by atoms with E-state index in [1.54, 1.807) is 6.21 Å². The van der Waals surface area contributed by atoms with E-state index in [-0.39, 0.29) is 17.5 Å². The number of hydrazone groups is 1. The Hall–Kier alpha value is -1.67. The van der Waals surface area contributed by atoms with Crippen LogP contribution in [0.2, 0.25) is 0 Å². The Labute approximate surface area is 160 Å². The molecule has 4 rings (SSSR count). The summed E-state index contributed by atoms with van der Waals surface area (Å²) in [5, 5.41) is 9.64. The predicted molar refractivity (Wildman–Crippen MR) is 99.2 cm³/mol. The number of nitrogens with zero attached hydrogens (tertiary/aromatic N) is 3. The second-order valence-electron chi connectivity index (χ2n) is 9.09. The van der Waals surface area contributed by atoms with Crippen LogP contribution in [0.4, 0.5) is 0 Å². The topological polar surface area (TPSA) is 83.5 Å². The summed E-state index contributed by atoms with van der Waals surface area (Å²) in [7, 11) is 0. The number of carbonyl (C=O) groups is 2.